The fourth-order valence-corrected chi connectivity index (χ4v) is 3.93. The normalized spacial score (nSPS) is 17.5. The summed E-state index contributed by atoms with van der Waals surface area (Å²) in [6.07, 6.45) is 0.485. The molecule has 0 spiro atoms. The number of anilines is 1. The fraction of sp³-hybridized carbons (Fsp3) is 0.389. The van der Waals surface area contributed by atoms with Gasteiger partial charge in [0, 0.05) is 38.3 Å². The van der Waals surface area contributed by atoms with Gasteiger partial charge in [0.1, 0.15) is 5.82 Å². The van der Waals surface area contributed by atoms with Crippen molar-refractivity contribution < 1.29 is 9.59 Å². The molecule has 0 bridgehead atoms. The molecule has 1 aliphatic heterocycles. The highest BCUT2D eigenvalue weighted by molar-refractivity contribution is 8.13. The molecule has 0 aliphatic carbocycles. The molecule has 2 heterocycles. The number of carbonyl (C=O) groups is 2. The molecule has 1 unspecified atom stereocenters. The van der Waals surface area contributed by atoms with Crippen molar-refractivity contribution in [3.63, 3.8) is 0 Å². The zero-order chi connectivity index (χ0) is 17.3. The highest BCUT2D eigenvalue weighted by Gasteiger charge is 2.34. The van der Waals surface area contributed by atoms with Crippen LogP contribution in [0.25, 0.3) is 11.1 Å². The largest absolute Gasteiger partial charge is 0.296 e. The van der Waals surface area contributed by atoms with E-state index in [1.165, 1.54) is 11.8 Å². The van der Waals surface area contributed by atoms with E-state index in [4.69, 9.17) is 0 Å². The van der Waals surface area contributed by atoms with Crippen LogP contribution in [-0.4, -0.2) is 33.1 Å². The Morgan fingerprint density at radius 2 is 2.04 bits per heavy atom. The van der Waals surface area contributed by atoms with Gasteiger partial charge in [0.2, 0.25) is 5.91 Å². The van der Waals surface area contributed by atoms with E-state index in [9.17, 15) is 9.59 Å². The number of carbonyl (C=O) groups excluding carboxylic acids is 2. The molecule has 5 nitrogen and oxygen atoms in total. The molecule has 2 aromatic rings. The lowest BCUT2D eigenvalue weighted by atomic mass is 10.1. The fourth-order valence-electron chi connectivity index (χ4n) is 3.23. The van der Waals surface area contributed by atoms with Gasteiger partial charge in [-0.3, -0.25) is 19.2 Å². The molecule has 1 atom stereocenters. The Balaban J connectivity index is 1.93. The lowest BCUT2D eigenvalue weighted by Crippen LogP contribution is -2.27. The minimum Gasteiger partial charge on any atom is -0.296 e. The maximum atomic E-state index is 12.6. The summed E-state index contributed by atoms with van der Waals surface area (Å²) >= 11 is 1.30. The van der Waals surface area contributed by atoms with E-state index in [-0.39, 0.29) is 16.9 Å². The molecule has 1 aliphatic rings. The molecule has 1 amide bonds. The minimum absolute atomic E-state index is 0.0993. The predicted octanol–water partition coefficient (Wildman–Crippen LogP) is 3.03. The summed E-state index contributed by atoms with van der Waals surface area (Å²) in [6.45, 7) is 4.17. The van der Waals surface area contributed by atoms with Crippen LogP contribution in [0.3, 0.4) is 0 Å². The van der Waals surface area contributed by atoms with Gasteiger partial charge in [0.05, 0.1) is 5.69 Å². The molecule has 24 heavy (non-hydrogen) atoms. The standard InChI is InChI=1S/C18H21N3O2S/c1-12-17(15-7-5-4-6-8-15)18(20(3)19-12)21-10-14(9-16(21)23)11-24-13(2)22/h4-8,14H,9-11H2,1-3H3. The first-order valence-corrected chi connectivity index (χ1v) is 8.98. The van der Waals surface area contributed by atoms with Crippen molar-refractivity contribution in [2.75, 3.05) is 17.2 Å². The number of benzene rings is 1. The Morgan fingerprint density at radius 1 is 1.33 bits per heavy atom. The van der Waals surface area contributed by atoms with E-state index >= 15 is 0 Å². The Labute approximate surface area is 146 Å². The number of rotatable bonds is 4. The molecular formula is C18H21N3O2S. The Hall–Kier alpha value is -2.08. The maximum absolute atomic E-state index is 12.6. The number of aromatic nitrogens is 2. The topological polar surface area (TPSA) is 55.2 Å². The zero-order valence-corrected chi connectivity index (χ0v) is 15.0. The molecule has 126 valence electrons. The lowest BCUT2D eigenvalue weighted by molar-refractivity contribution is -0.117. The summed E-state index contributed by atoms with van der Waals surface area (Å²) in [4.78, 5) is 25.6. The molecule has 0 radical (unpaired) electrons. The second kappa shape index (κ2) is 6.81. The smallest absolute Gasteiger partial charge is 0.228 e. The third-order valence-electron chi connectivity index (χ3n) is 4.24. The Kier molecular flexibility index (Phi) is 4.76. The molecule has 0 N–H and O–H groups in total. The van der Waals surface area contributed by atoms with Crippen molar-refractivity contribution in [3.8, 4) is 11.1 Å². The van der Waals surface area contributed by atoms with E-state index in [2.05, 4.69) is 5.10 Å². The summed E-state index contributed by atoms with van der Waals surface area (Å²) in [7, 11) is 1.87. The van der Waals surface area contributed by atoms with Crippen molar-refractivity contribution in [3.05, 3.63) is 36.0 Å². The number of amides is 1. The van der Waals surface area contributed by atoms with Crippen molar-refractivity contribution in [1.82, 2.24) is 9.78 Å². The van der Waals surface area contributed by atoms with Gasteiger partial charge in [0.25, 0.3) is 0 Å². The first-order chi connectivity index (χ1) is 11.5. The van der Waals surface area contributed by atoms with Gasteiger partial charge in [-0.15, -0.1) is 0 Å². The molecule has 3 rings (SSSR count). The molecule has 6 heteroatoms. The Morgan fingerprint density at radius 3 is 2.71 bits per heavy atom. The Bertz CT molecular complexity index is 770. The SMILES string of the molecule is CC(=O)SCC1CC(=O)N(c2c(-c3ccccc3)c(C)nn2C)C1. The van der Waals surface area contributed by atoms with E-state index < -0.39 is 0 Å². The second-order valence-corrected chi connectivity index (χ2v) is 7.35. The summed E-state index contributed by atoms with van der Waals surface area (Å²) in [6, 6.07) is 10.0. The van der Waals surface area contributed by atoms with E-state index in [1.54, 1.807) is 11.6 Å². The summed E-state index contributed by atoms with van der Waals surface area (Å²) in [5.74, 6) is 1.84. The molecule has 1 fully saturated rings. The minimum atomic E-state index is 0.0993. The molecular weight excluding hydrogens is 322 g/mol. The summed E-state index contributed by atoms with van der Waals surface area (Å²) < 4.78 is 1.79. The average molecular weight is 343 g/mol. The highest BCUT2D eigenvalue weighted by Crippen LogP contribution is 2.37. The number of thioether (sulfide) groups is 1. The van der Waals surface area contributed by atoms with Crippen LogP contribution in [0, 0.1) is 12.8 Å². The van der Waals surface area contributed by atoms with Gasteiger partial charge in [0.15, 0.2) is 5.12 Å². The van der Waals surface area contributed by atoms with Crippen molar-refractivity contribution in [2.45, 2.75) is 20.3 Å². The number of nitrogens with zero attached hydrogens (tertiary/aromatic N) is 3. The second-order valence-electron chi connectivity index (χ2n) is 6.15. The summed E-state index contributed by atoms with van der Waals surface area (Å²) in [5, 5.41) is 4.63. The highest BCUT2D eigenvalue weighted by atomic mass is 32.2. The lowest BCUT2D eigenvalue weighted by Gasteiger charge is -2.19. The molecule has 0 saturated carbocycles. The monoisotopic (exact) mass is 343 g/mol. The zero-order valence-electron chi connectivity index (χ0n) is 14.2. The van der Waals surface area contributed by atoms with E-state index in [0.717, 1.165) is 22.6 Å². The quantitative estimate of drug-likeness (QED) is 0.856. The van der Waals surface area contributed by atoms with Crippen LogP contribution in [0.4, 0.5) is 5.82 Å². The van der Waals surface area contributed by atoms with E-state index in [1.807, 2.05) is 49.2 Å². The number of hydrogen-bond acceptors (Lipinski definition) is 4. The van der Waals surface area contributed by atoms with Crippen LogP contribution < -0.4 is 4.90 Å². The maximum Gasteiger partial charge on any atom is 0.228 e. The third-order valence-corrected chi connectivity index (χ3v) is 5.28. The van der Waals surface area contributed by atoms with Crippen LogP contribution in [0.2, 0.25) is 0 Å². The van der Waals surface area contributed by atoms with E-state index in [0.29, 0.717) is 18.7 Å². The van der Waals surface area contributed by atoms with Gasteiger partial charge in [-0.05, 0) is 18.4 Å². The van der Waals surface area contributed by atoms with Crippen molar-refractivity contribution in [1.29, 1.82) is 0 Å². The van der Waals surface area contributed by atoms with Crippen molar-refractivity contribution >= 4 is 28.6 Å². The number of aryl methyl sites for hydroxylation is 2. The first-order valence-electron chi connectivity index (χ1n) is 8.00. The molecule has 1 aromatic carbocycles. The predicted molar refractivity (Wildman–Crippen MR) is 97.0 cm³/mol. The van der Waals surface area contributed by atoms with Crippen LogP contribution in [0.15, 0.2) is 30.3 Å². The van der Waals surface area contributed by atoms with Gasteiger partial charge in [-0.1, -0.05) is 42.1 Å². The van der Waals surface area contributed by atoms with Crippen LogP contribution in [0.5, 0.6) is 0 Å². The van der Waals surface area contributed by atoms with Gasteiger partial charge >= 0.3 is 0 Å². The number of hydrogen-bond donors (Lipinski definition) is 0. The molecule has 1 aromatic heterocycles. The van der Waals surface area contributed by atoms with Crippen LogP contribution in [0.1, 0.15) is 19.0 Å². The third kappa shape index (κ3) is 3.24. The average Bonchev–Trinajstić information content (AvgIpc) is 3.05. The van der Waals surface area contributed by atoms with Crippen LogP contribution in [-0.2, 0) is 16.6 Å². The van der Waals surface area contributed by atoms with Crippen LogP contribution >= 0.6 is 11.8 Å². The molecule has 1 saturated heterocycles. The van der Waals surface area contributed by atoms with Gasteiger partial charge in [-0.25, -0.2) is 0 Å². The first kappa shape index (κ1) is 16.8. The van der Waals surface area contributed by atoms with Gasteiger partial charge < -0.3 is 0 Å². The summed E-state index contributed by atoms with van der Waals surface area (Å²) in [5.41, 5.74) is 2.98. The van der Waals surface area contributed by atoms with Crippen molar-refractivity contribution in [2.24, 2.45) is 13.0 Å². The van der Waals surface area contributed by atoms with Gasteiger partial charge in [-0.2, -0.15) is 5.10 Å².